The molecular weight excluding hydrogens is 328 g/mol. The molecule has 0 spiro atoms. The molecule has 26 heavy (non-hydrogen) atoms. The molecule has 1 aromatic carbocycles. The number of hydrogen-bond acceptors (Lipinski definition) is 3. The lowest BCUT2D eigenvalue weighted by Gasteiger charge is -2.23. The molecule has 0 radical (unpaired) electrons. The van der Waals surface area contributed by atoms with Gasteiger partial charge in [0.25, 0.3) is 0 Å². The topological polar surface area (TPSA) is 86.9 Å². The molecule has 0 aliphatic rings. The Morgan fingerprint density at radius 1 is 1.12 bits per heavy atom. The average Bonchev–Trinajstić information content (AvgIpc) is 3.07. The lowest BCUT2D eigenvalue weighted by molar-refractivity contribution is -0.136. The number of aromatic amines is 1. The van der Waals surface area contributed by atoms with Crippen LogP contribution in [0.25, 0.3) is 10.9 Å². The molecule has 6 heteroatoms. The summed E-state index contributed by atoms with van der Waals surface area (Å²) in [6, 6.07) is 10.8. The lowest BCUT2D eigenvalue weighted by atomic mass is 9.97. The van der Waals surface area contributed by atoms with Gasteiger partial charge >= 0.3 is 11.8 Å². The van der Waals surface area contributed by atoms with Gasteiger partial charge in [-0.05, 0) is 48.7 Å². The number of nitrogens with zero attached hydrogens (tertiary/aromatic N) is 1. The maximum atomic E-state index is 12.4. The van der Waals surface area contributed by atoms with Crippen molar-refractivity contribution in [2.24, 2.45) is 5.92 Å². The standard InChI is InChI=1S/C20H22N4O2/c1-12(2)17(18-13(3)5-4-9-22-18)24-20(26)19(25)23-15-6-7-16-14(11-15)8-10-21-16/h4-12,17,21H,1-3H3,(H,23,25)(H,24,26)/t17-/m0/s1. The number of aromatic nitrogens is 2. The number of hydrogen-bond donors (Lipinski definition) is 3. The van der Waals surface area contributed by atoms with E-state index in [9.17, 15) is 9.59 Å². The van der Waals surface area contributed by atoms with E-state index >= 15 is 0 Å². The van der Waals surface area contributed by atoms with Crippen LogP contribution in [0.2, 0.25) is 0 Å². The number of amides is 2. The number of carbonyl (C=O) groups is 2. The van der Waals surface area contributed by atoms with Crippen LogP contribution in [-0.2, 0) is 9.59 Å². The number of pyridine rings is 1. The molecule has 0 aliphatic carbocycles. The number of anilines is 1. The number of rotatable bonds is 4. The van der Waals surface area contributed by atoms with Gasteiger partial charge in [0, 0.05) is 29.0 Å². The Balaban J connectivity index is 1.72. The van der Waals surface area contributed by atoms with Crippen molar-refractivity contribution < 1.29 is 9.59 Å². The molecule has 0 aliphatic heterocycles. The summed E-state index contributed by atoms with van der Waals surface area (Å²) in [6.07, 6.45) is 3.52. The van der Waals surface area contributed by atoms with Crippen LogP contribution >= 0.6 is 0 Å². The third kappa shape index (κ3) is 3.74. The van der Waals surface area contributed by atoms with E-state index in [0.717, 1.165) is 22.2 Å². The Hall–Kier alpha value is -3.15. The van der Waals surface area contributed by atoms with Crippen LogP contribution in [-0.4, -0.2) is 21.8 Å². The van der Waals surface area contributed by atoms with Crippen LogP contribution in [0.1, 0.15) is 31.1 Å². The van der Waals surface area contributed by atoms with E-state index in [1.165, 1.54) is 0 Å². The molecule has 3 rings (SSSR count). The van der Waals surface area contributed by atoms with Gasteiger partial charge in [0.15, 0.2) is 0 Å². The first-order chi connectivity index (χ1) is 12.5. The van der Waals surface area contributed by atoms with Crippen LogP contribution in [0.3, 0.4) is 0 Å². The van der Waals surface area contributed by atoms with Crippen molar-refractivity contribution in [1.82, 2.24) is 15.3 Å². The summed E-state index contributed by atoms with van der Waals surface area (Å²) in [7, 11) is 0. The summed E-state index contributed by atoms with van der Waals surface area (Å²) in [5.41, 5.74) is 3.30. The molecule has 0 fully saturated rings. The van der Waals surface area contributed by atoms with Gasteiger partial charge in [0.1, 0.15) is 0 Å². The minimum Gasteiger partial charge on any atom is -0.361 e. The van der Waals surface area contributed by atoms with Gasteiger partial charge in [0.2, 0.25) is 0 Å². The highest BCUT2D eigenvalue weighted by Crippen LogP contribution is 2.23. The second-order valence-corrected chi connectivity index (χ2v) is 6.63. The molecule has 0 saturated heterocycles. The summed E-state index contributed by atoms with van der Waals surface area (Å²) >= 11 is 0. The zero-order chi connectivity index (χ0) is 18.7. The van der Waals surface area contributed by atoms with E-state index in [2.05, 4.69) is 20.6 Å². The van der Waals surface area contributed by atoms with E-state index in [-0.39, 0.29) is 12.0 Å². The van der Waals surface area contributed by atoms with Crippen LogP contribution in [0.15, 0.2) is 48.8 Å². The fourth-order valence-electron chi connectivity index (χ4n) is 2.90. The van der Waals surface area contributed by atoms with Gasteiger partial charge < -0.3 is 15.6 Å². The maximum absolute atomic E-state index is 12.4. The Morgan fingerprint density at radius 3 is 2.65 bits per heavy atom. The van der Waals surface area contributed by atoms with Crippen molar-refractivity contribution in [3.63, 3.8) is 0 Å². The predicted molar refractivity (Wildman–Crippen MR) is 102 cm³/mol. The largest absolute Gasteiger partial charge is 0.361 e. The fourth-order valence-corrected chi connectivity index (χ4v) is 2.90. The summed E-state index contributed by atoms with van der Waals surface area (Å²) in [5, 5.41) is 6.42. The number of benzene rings is 1. The molecule has 2 amide bonds. The second kappa shape index (κ2) is 7.39. The van der Waals surface area contributed by atoms with Crippen molar-refractivity contribution in [2.45, 2.75) is 26.8 Å². The summed E-state index contributed by atoms with van der Waals surface area (Å²) in [4.78, 5) is 32.2. The quantitative estimate of drug-likeness (QED) is 0.631. The van der Waals surface area contributed by atoms with Gasteiger partial charge in [0.05, 0.1) is 11.7 Å². The minimum atomic E-state index is -0.695. The van der Waals surface area contributed by atoms with E-state index in [1.807, 2.05) is 57.3 Å². The Morgan fingerprint density at radius 2 is 1.92 bits per heavy atom. The molecule has 1 atom stereocenters. The molecule has 3 aromatic rings. The summed E-state index contributed by atoms with van der Waals surface area (Å²) in [5.74, 6) is -1.28. The molecule has 3 N–H and O–H groups in total. The van der Waals surface area contributed by atoms with E-state index in [0.29, 0.717) is 5.69 Å². The van der Waals surface area contributed by atoms with Gasteiger partial charge in [-0.1, -0.05) is 19.9 Å². The second-order valence-electron chi connectivity index (χ2n) is 6.63. The normalized spacial score (nSPS) is 12.2. The number of nitrogens with one attached hydrogen (secondary N) is 3. The SMILES string of the molecule is Cc1cccnc1[C@@H](NC(=O)C(=O)Nc1ccc2[nH]ccc2c1)C(C)C. The first-order valence-electron chi connectivity index (χ1n) is 8.56. The molecule has 6 nitrogen and oxygen atoms in total. The number of aryl methyl sites for hydroxylation is 1. The van der Waals surface area contributed by atoms with Gasteiger partial charge in [-0.25, -0.2) is 0 Å². The highest BCUT2D eigenvalue weighted by atomic mass is 16.2. The lowest BCUT2D eigenvalue weighted by Crippen LogP contribution is -2.40. The molecule has 0 saturated carbocycles. The molecular formula is C20H22N4O2. The summed E-state index contributed by atoms with van der Waals surface area (Å²) < 4.78 is 0. The van der Waals surface area contributed by atoms with Crippen LogP contribution in [0, 0.1) is 12.8 Å². The number of fused-ring (bicyclic) bond motifs is 1. The Labute approximate surface area is 152 Å². The van der Waals surface area contributed by atoms with Crippen LogP contribution in [0.4, 0.5) is 5.69 Å². The van der Waals surface area contributed by atoms with Crippen molar-refractivity contribution in [1.29, 1.82) is 0 Å². The van der Waals surface area contributed by atoms with Gasteiger partial charge in [-0.15, -0.1) is 0 Å². The predicted octanol–water partition coefficient (Wildman–Crippen LogP) is 3.32. The van der Waals surface area contributed by atoms with Crippen LogP contribution in [0.5, 0.6) is 0 Å². The van der Waals surface area contributed by atoms with Crippen LogP contribution < -0.4 is 10.6 Å². The third-order valence-corrected chi connectivity index (χ3v) is 4.32. The fraction of sp³-hybridized carbons (Fsp3) is 0.250. The van der Waals surface area contributed by atoms with Gasteiger partial charge in [-0.3, -0.25) is 14.6 Å². The van der Waals surface area contributed by atoms with Crippen molar-refractivity contribution in [2.75, 3.05) is 5.32 Å². The monoisotopic (exact) mass is 350 g/mol. The van der Waals surface area contributed by atoms with Crippen molar-refractivity contribution in [3.8, 4) is 0 Å². The molecule has 2 aromatic heterocycles. The zero-order valence-electron chi connectivity index (χ0n) is 15.0. The number of H-pyrrole nitrogens is 1. The first kappa shape index (κ1) is 17.7. The molecule has 134 valence electrons. The summed E-state index contributed by atoms with van der Waals surface area (Å²) in [6.45, 7) is 5.91. The maximum Gasteiger partial charge on any atom is 0.313 e. The zero-order valence-corrected chi connectivity index (χ0v) is 15.0. The van der Waals surface area contributed by atoms with E-state index in [1.54, 1.807) is 12.3 Å². The van der Waals surface area contributed by atoms with Crippen molar-refractivity contribution >= 4 is 28.4 Å². The highest BCUT2D eigenvalue weighted by molar-refractivity contribution is 6.39. The Kier molecular flexibility index (Phi) is 5.02. The highest BCUT2D eigenvalue weighted by Gasteiger charge is 2.24. The smallest absolute Gasteiger partial charge is 0.313 e. The average molecular weight is 350 g/mol. The molecule has 2 heterocycles. The number of carbonyl (C=O) groups excluding carboxylic acids is 2. The molecule has 0 bridgehead atoms. The molecule has 0 unspecified atom stereocenters. The third-order valence-electron chi connectivity index (χ3n) is 4.32. The van der Waals surface area contributed by atoms with Gasteiger partial charge in [-0.2, -0.15) is 0 Å². The van der Waals surface area contributed by atoms with Crippen molar-refractivity contribution in [3.05, 3.63) is 60.0 Å². The minimum absolute atomic E-state index is 0.0940. The Bertz CT molecular complexity index is 946. The van der Waals surface area contributed by atoms with E-state index < -0.39 is 11.8 Å². The van der Waals surface area contributed by atoms with E-state index in [4.69, 9.17) is 0 Å². The first-order valence-corrected chi connectivity index (χ1v) is 8.56.